The van der Waals surface area contributed by atoms with Crippen LogP contribution >= 0.6 is 0 Å². The maximum absolute atomic E-state index is 2.37. The topological polar surface area (TPSA) is 3.24 Å². The van der Waals surface area contributed by atoms with Gasteiger partial charge in [0.25, 0.3) is 0 Å². The fraction of sp³-hybridized carbons (Fsp3) is 0.240. The van der Waals surface area contributed by atoms with E-state index in [0.717, 1.165) is 0 Å². The molecule has 7 aromatic rings. The average Bonchev–Trinajstić information content (AvgIpc) is 3.18. The number of anilines is 2. The highest BCUT2D eigenvalue weighted by Crippen LogP contribution is 2.44. The molecule has 1 aliphatic rings. The van der Waals surface area contributed by atoms with Crippen LogP contribution in [0.3, 0.4) is 0 Å². The molecule has 0 fully saturated rings. The first-order chi connectivity index (χ1) is 25.0. The Bertz CT molecular complexity index is 2140. The van der Waals surface area contributed by atoms with E-state index < -0.39 is 0 Å². The van der Waals surface area contributed by atoms with E-state index in [-0.39, 0.29) is 0 Å². The summed E-state index contributed by atoms with van der Waals surface area (Å²) in [6, 6.07) is 51.6. The van der Waals surface area contributed by atoms with Crippen molar-refractivity contribution in [1.82, 2.24) is 0 Å². The molecule has 0 atom stereocenters. The molecule has 0 saturated carbocycles. The summed E-state index contributed by atoms with van der Waals surface area (Å²) in [5.74, 6) is 0. The minimum atomic E-state index is 1.17. The molecule has 258 valence electrons. The van der Waals surface area contributed by atoms with Gasteiger partial charge >= 0.3 is 0 Å². The van der Waals surface area contributed by atoms with Crippen molar-refractivity contribution in [3.05, 3.63) is 156 Å². The molecule has 0 N–H and O–H groups in total. The summed E-state index contributed by atoms with van der Waals surface area (Å²) in [7, 11) is 2.16. The summed E-state index contributed by atoms with van der Waals surface area (Å²) in [4.78, 5) is 2.28. The predicted octanol–water partition coefficient (Wildman–Crippen LogP) is 14.8. The molecule has 0 aromatic heterocycles. The standard InChI is InChI=1S/C42H33N.2C4H10/c1-28-14-16-30(17-15-28)41-37-10-3-5-12-39(37)42(40-13-6-4-11-38(40)41)31-22-24-35(25-23-31)43(2)36-9-7-8-32(27-36)34-21-19-29-18-20-33(29)26-34;2*1-3-4-2/h3-17,19,21-27H,18,20H2,1-2H3;2*3-4H2,1-2H3. The first kappa shape index (κ1) is 35.7. The Hall–Kier alpha value is -5.14. The zero-order valence-electron chi connectivity index (χ0n) is 31.5. The van der Waals surface area contributed by atoms with Crippen molar-refractivity contribution in [2.45, 2.75) is 73.1 Å². The van der Waals surface area contributed by atoms with Gasteiger partial charge in [-0.05, 0) is 110 Å². The van der Waals surface area contributed by atoms with Gasteiger partial charge in [0, 0.05) is 18.4 Å². The van der Waals surface area contributed by atoms with E-state index >= 15 is 0 Å². The first-order valence-electron chi connectivity index (χ1n) is 19.0. The predicted molar refractivity (Wildman–Crippen MR) is 226 cm³/mol. The number of unbranched alkanes of at least 4 members (excludes halogenated alkanes) is 2. The Morgan fingerprint density at radius 2 is 0.863 bits per heavy atom. The molecule has 1 aliphatic carbocycles. The van der Waals surface area contributed by atoms with E-state index in [2.05, 4.69) is 186 Å². The molecule has 0 bridgehead atoms. The van der Waals surface area contributed by atoms with Crippen LogP contribution in [0.15, 0.2) is 140 Å². The Morgan fingerprint density at radius 3 is 1.31 bits per heavy atom. The second kappa shape index (κ2) is 16.7. The molecule has 1 nitrogen and oxygen atoms in total. The Kier molecular flexibility index (Phi) is 11.7. The highest BCUT2D eigenvalue weighted by atomic mass is 15.1. The van der Waals surface area contributed by atoms with E-state index in [0.29, 0.717) is 0 Å². The van der Waals surface area contributed by atoms with E-state index in [1.54, 1.807) is 0 Å². The van der Waals surface area contributed by atoms with Crippen molar-refractivity contribution < 1.29 is 0 Å². The van der Waals surface area contributed by atoms with Gasteiger partial charge in [0.15, 0.2) is 0 Å². The van der Waals surface area contributed by atoms with Gasteiger partial charge < -0.3 is 4.90 Å². The highest BCUT2D eigenvalue weighted by molar-refractivity contribution is 6.21. The van der Waals surface area contributed by atoms with Crippen LogP contribution in [0.25, 0.3) is 54.9 Å². The minimum Gasteiger partial charge on any atom is -0.345 e. The van der Waals surface area contributed by atoms with Gasteiger partial charge in [0.05, 0.1) is 0 Å². The first-order valence-corrected chi connectivity index (χ1v) is 19.0. The summed E-state index contributed by atoms with van der Waals surface area (Å²) in [6.07, 6.45) is 7.70. The lowest BCUT2D eigenvalue weighted by molar-refractivity contribution is 0.840. The molecule has 0 saturated heterocycles. The van der Waals surface area contributed by atoms with Gasteiger partial charge in [-0.1, -0.05) is 174 Å². The van der Waals surface area contributed by atoms with Gasteiger partial charge in [0.2, 0.25) is 0 Å². The number of rotatable bonds is 7. The third-order valence-electron chi connectivity index (χ3n) is 10.3. The molecule has 0 unspecified atom stereocenters. The highest BCUT2D eigenvalue weighted by Gasteiger charge is 2.17. The molecule has 51 heavy (non-hydrogen) atoms. The molecular formula is C50H53N. The summed E-state index contributed by atoms with van der Waals surface area (Å²) in [5.41, 5.74) is 14.3. The molecule has 8 rings (SSSR count). The van der Waals surface area contributed by atoms with Crippen molar-refractivity contribution in [2.75, 3.05) is 11.9 Å². The molecule has 0 spiro atoms. The van der Waals surface area contributed by atoms with Gasteiger partial charge in [-0.3, -0.25) is 0 Å². The number of hydrogen-bond acceptors (Lipinski definition) is 1. The summed E-state index contributed by atoms with van der Waals surface area (Å²) in [5, 5.41) is 5.14. The zero-order chi connectivity index (χ0) is 35.7. The lowest BCUT2D eigenvalue weighted by Crippen LogP contribution is -2.09. The second-order valence-electron chi connectivity index (χ2n) is 13.8. The SMILES string of the molecule is CCCC.CCCC.Cc1ccc(-c2c3ccccc3c(-c3ccc(N(C)c4cccc(-c5ccc6c(c5)CC6)c4)cc3)c3ccccc23)cc1. The van der Waals surface area contributed by atoms with Crippen molar-refractivity contribution in [3.8, 4) is 33.4 Å². The molecule has 0 heterocycles. The Balaban J connectivity index is 0.000000510. The number of benzene rings is 7. The molecule has 0 radical (unpaired) electrons. The maximum Gasteiger partial charge on any atom is 0.0414 e. The van der Waals surface area contributed by atoms with Crippen LogP contribution in [-0.2, 0) is 12.8 Å². The van der Waals surface area contributed by atoms with E-state index in [1.807, 2.05) is 0 Å². The van der Waals surface area contributed by atoms with Gasteiger partial charge in [-0.15, -0.1) is 0 Å². The molecule has 0 amide bonds. The zero-order valence-corrected chi connectivity index (χ0v) is 31.5. The molecule has 0 aliphatic heterocycles. The van der Waals surface area contributed by atoms with E-state index in [4.69, 9.17) is 0 Å². The van der Waals surface area contributed by atoms with E-state index in [1.165, 1.54) is 122 Å². The van der Waals surface area contributed by atoms with Gasteiger partial charge in [-0.25, -0.2) is 0 Å². The maximum atomic E-state index is 2.37. The molecule has 7 aromatic carbocycles. The number of fused-ring (bicyclic) bond motifs is 3. The van der Waals surface area contributed by atoms with Crippen molar-refractivity contribution in [3.63, 3.8) is 0 Å². The van der Waals surface area contributed by atoms with Crippen LogP contribution in [0.4, 0.5) is 11.4 Å². The van der Waals surface area contributed by atoms with Gasteiger partial charge in [0.1, 0.15) is 0 Å². The van der Waals surface area contributed by atoms with Crippen LogP contribution in [-0.4, -0.2) is 7.05 Å². The fourth-order valence-corrected chi connectivity index (χ4v) is 6.74. The smallest absolute Gasteiger partial charge is 0.0414 e. The van der Waals surface area contributed by atoms with E-state index in [9.17, 15) is 0 Å². The van der Waals surface area contributed by atoms with Crippen molar-refractivity contribution in [2.24, 2.45) is 0 Å². The Labute approximate surface area is 306 Å². The lowest BCUT2D eigenvalue weighted by Gasteiger charge is -2.22. The third kappa shape index (κ3) is 7.79. The monoisotopic (exact) mass is 667 g/mol. The third-order valence-corrected chi connectivity index (χ3v) is 10.3. The van der Waals surface area contributed by atoms with Crippen LogP contribution in [0.5, 0.6) is 0 Å². The average molecular weight is 668 g/mol. The largest absolute Gasteiger partial charge is 0.345 e. The molecule has 1 heteroatoms. The summed E-state index contributed by atoms with van der Waals surface area (Å²) < 4.78 is 0. The fourth-order valence-electron chi connectivity index (χ4n) is 6.74. The second-order valence-corrected chi connectivity index (χ2v) is 13.8. The van der Waals surface area contributed by atoms with Crippen molar-refractivity contribution >= 4 is 32.9 Å². The molecular weight excluding hydrogens is 615 g/mol. The number of aryl methyl sites for hydroxylation is 3. The normalized spacial score (nSPS) is 11.5. The van der Waals surface area contributed by atoms with Gasteiger partial charge in [-0.2, -0.15) is 0 Å². The van der Waals surface area contributed by atoms with Crippen LogP contribution in [0, 0.1) is 6.92 Å². The van der Waals surface area contributed by atoms with Crippen molar-refractivity contribution in [1.29, 1.82) is 0 Å². The van der Waals surface area contributed by atoms with Crippen LogP contribution in [0.1, 0.15) is 70.1 Å². The quantitative estimate of drug-likeness (QED) is 0.153. The van der Waals surface area contributed by atoms with Crippen LogP contribution < -0.4 is 4.90 Å². The number of nitrogens with zero attached hydrogens (tertiary/aromatic N) is 1. The number of hydrogen-bond donors (Lipinski definition) is 0. The van der Waals surface area contributed by atoms with Crippen LogP contribution in [0.2, 0.25) is 0 Å². The summed E-state index contributed by atoms with van der Waals surface area (Å²) >= 11 is 0. The summed E-state index contributed by atoms with van der Waals surface area (Å²) in [6.45, 7) is 10.9. The lowest BCUT2D eigenvalue weighted by atomic mass is 9.86. The Morgan fingerprint density at radius 1 is 0.412 bits per heavy atom. The minimum absolute atomic E-state index is 1.17.